The highest BCUT2D eigenvalue weighted by atomic mass is 16.2. The minimum atomic E-state index is 0.132. The Hall–Kier alpha value is -1.36. The first kappa shape index (κ1) is 14.1. The lowest BCUT2D eigenvalue weighted by molar-refractivity contribution is -0.122. The van der Waals surface area contributed by atoms with E-state index in [1.54, 1.807) is 12.4 Å². The van der Waals surface area contributed by atoms with Gasteiger partial charge >= 0.3 is 0 Å². The summed E-state index contributed by atoms with van der Waals surface area (Å²) in [5.41, 5.74) is 0. The molecule has 0 aliphatic carbocycles. The molecule has 1 amide bonds. The van der Waals surface area contributed by atoms with Gasteiger partial charge in [-0.3, -0.25) is 9.69 Å². The fourth-order valence-electron chi connectivity index (χ4n) is 2.49. The zero-order chi connectivity index (χ0) is 13.3. The van der Waals surface area contributed by atoms with Gasteiger partial charge in [0.1, 0.15) is 5.82 Å². The van der Waals surface area contributed by atoms with Crippen LogP contribution in [0.2, 0.25) is 0 Å². The van der Waals surface area contributed by atoms with E-state index in [0.29, 0.717) is 13.1 Å². The predicted octanol–water partition coefficient (Wildman–Crippen LogP) is 1.33. The van der Waals surface area contributed by atoms with Gasteiger partial charge in [-0.1, -0.05) is 19.3 Å². The number of aromatic nitrogens is 2. The van der Waals surface area contributed by atoms with E-state index in [9.17, 15) is 4.79 Å². The molecule has 0 atom stereocenters. The Balaban J connectivity index is 1.62. The molecule has 1 saturated heterocycles. The van der Waals surface area contributed by atoms with E-state index in [-0.39, 0.29) is 5.91 Å². The smallest absolute Gasteiger partial charge is 0.234 e. The van der Waals surface area contributed by atoms with Crippen molar-refractivity contribution < 1.29 is 4.79 Å². The highest BCUT2D eigenvalue weighted by Gasteiger charge is 2.11. The topological polar surface area (TPSA) is 61.0 Å². The van der Waals surface area contributed by atoms with Gasteiger partial charge in [-0.15, -0.1) is 0 Å². The molecule has 1 aromatic heterocycles. The van der Waals surface area contributed by atoms with Gasteiger partial charge in [-0.2, -0.15) is 0 Å². The van der Waals surface area contributed by atoms with E-state index in [0.717, 1.165) is 25.3 Å². The van der Waals surface area contributed by atoms with Crippen molar-refractivity contribution in [1.82, 2.24) is 20.2 Å². The molecule has 0 aromatic carbocycles. The molecule has 0 bridgehead atoms. The number of H-pyrrole nitrogens is 1. The highest BCUT2D eigenvalue weighted by Crippen LogP contribution is 2.09. The largest absolute Gasteiger partial charge is 0.355 e. The van der Waals surface area contributed by atoms with Crippen LogP contribution in [0.3, 0.4) is 0 Å². The maximum Gasteiger partial charge on any atom is 0.234 e. The summed E-state index contributed by atoms with van der Waals surface area (Å²) in [4.78, 5) is 21.3. The van der Waals surface area contributed by atoms with Crippen LogP contribution < -0.4 is 5.32 Å². The molecule has 2 N–H and O–H groups in total. The number of aromatic amines is 1. The predicted molar refractivity (Wildman–Crippen MR) is 74.8 cm³/mol. The van der Waals surface area contributed by atoms with Crippen LogP contribution in [-0.2, 0) is 11.2 Å². The van der Waals surface area contributed by atoms with Crippen LogP contribution in [0.1, 0.15) is 37.9 Å². The van der Waals surface area contributed by atoms with Crippen LogP contribution in [0.15, 0.2) is 12.4 Å². The third kappa shape index (κ3) is 5.42. The van der Waals surface area contributed by atoms with Crippen molar-refractivity contribution in [1.29, 1.82) is 0 Å². The zero-order valence-electron chi connectivity index (χ0n) is 11.5. The summed E-state index contributed by atoms with van der Waals surface area (Å²) in [5, 5.41) is 2.96. The van der Waals surface area contributed by atoms with Crippen molar-refractivity contribution in [3.05, 3.63) is 18.2 Å². The molecule has 1 fully saturated rings. The second-order valence-corrected chi connectivity index (χ2v) is 5.18. The second kappa shape index (κ2) is 7.94. The van der Waals surface area contributed by atoms with Crippen LogP contribution in [0, 0.1) is 0 Å². The first-order valence-electron chi connectivity index (χ1n) is 7.32. The second-order valence-electron chi connectivity index (χ2n) is 5.18. The Morgan fingerprint density at radius 1 is 1.26 bits per heavy atom. The number of hydrogen-bond donors (Lipinski definition) is 2. The van der Waals surface area contributed by atoms with Gasteiger partial charge in [0.2, 0.25) is 5.91 Å². The minimum absolute atomic E-state index is 0.132. The third-order valence-electron chi connectivity index (χ3n) is 3.55. The Bertz CT molecular complexity index is 356. The highest BCUT2D eigenvalue weighted by molar-refractivity contribution is 5.77. The SMILES string of the molecule is O=C(CN1CCCCCCC1)NCCc1ncc[nH]1. The normalized spacial score (nSPS) is 17.7. The Kier molecular flexibility index (Phi) is 5.88. The molecule has 106 valence electrons. The summed E-state index contributed by atoms with van der Waals surface area (Å²) in [7, 11) is 0. The van der Waals surface area contributed by atoms with Crippen LogP contribution in [0.4, 0.5) is 0 Å². The standard InChI is InChI=1S/C14H24N4O/c19-14(17-7-6-13-15-8-9-16-13)12-18-10-4-2-1-3-5-11-18/h8-9H,1-7,10-12H2,(H,15,16)(H,17,19). The number of hydrogen-bond acceptors (Lipinski definition) is 3. The molecule has 0 spiro atoms. The van der Waals surface area contributed by atoms with Crippen LogP contribution in [0.25, 0.3) is 0 Å². The lowest BCUT2D eigenvalue weighted by atomic mass is 10.1. The molecule has 2 heterocycles. The van der Waals surface area contributed by atoms with Crippen molar-refractivity contribution in [2.45, 2.75) is 38.5 Å². The number of nitrogens with zero attached hydrogens (tertiary/aromatic N) is 2. The summed E-state index contributed by atoms with van der Waals surface area (Å²) in [6.07, 6.45) is 10.7. The summed E-state index contributed by atoms with van der Waals surface area (Å²) >= 11 is 0. The van der Waals surface area contributed by atoms with Crippen LogP contribution in [0.5, 0.6) is 0 Å². The van der Waals surface area contributed by atoms with E-state index in [2.05, 4.69) is 20.2 Å². The molecule has 5 heteroatoms. The van der Waals surface area contributed by atoms with E-state index < -0.39 is 0 Å². The quantitative estimate of drug-likeness (QED) is 0.843. The van der Waals surface area contributed by atoms with Gasteiger partial charge in [0.15, 0.2) is 0 Å². The van der Waals surface area contributed by atoms with Gasteiger partial charge < -0.3 is 10.3 Å². The van der Waals surface area contributed by atoms with Crippen molar-refractivity contribution in [2.75, 3.05) is 26.2 Å². The number of carbonyl (C=O) groups is 1. The Morgan fingerprint density at radius 3 is 2.68 bits per heavy atom. The van der Waals surface area contributed by atoms with Gasteiger partial charge in [0.25, 0.3) is 0 Å². The molecule has 1 aromatic rings. The Labute approximate surface area is 114 Å². The monoisotopic (exact) mass is 264 g/mol. The lowest BCUT2D eigenvalue weighted by Gasteiger charge is -2.23. The summed E-state index contributed by atoms with van der Waals surface area (Å²) in [5.74, 6) is 1.05. The Morgan fingerprint density at radius 2 is 2.00 bits per heavy atom. The fraction of sp³-hybridized carbons (Fsp3) is 0.714. The van der Waals surface area contributed by atoms with E-state index in [4.69, 9.17) is 0 Å². The van der Waals surface area contributed by atoms with Crippen molar-refractivity contribution in [3.8, 4) is 0 Å². The first-order chi connectivity index (χ1) is 9.34. The number of rotatable bonds is 5. The van der Waals surface area contributed by atoms with E-state index in [1.165, 1.54) is 32.1 Å². The van der Waals surface area contributed by atoms with Gasteiger partial charge in [-0.05, 0) is 25.9 Å². The van der Waals surface area contributed by atoms with Crippen molar-refractivity contribution >= 4 is 5.91 Å². The van der Waals surface area contributed by atoms with Crippen molar-refractivity contribution in [3.63, 3.8) is 0 Å². The lowest BCUT2D eigenvalue weighted by Crippen LogP contribution is -2.39. The molecular weight excluding hydrogens is 240 g/mol. The van der Waals surface area contributed by atoms with Crippen LogP contribution in [-0.4, -0.2) is 47.0 Å². The van der Waals surface area contributed by atoms with E-state index in [1.807, 2.05) is 0 Å². The zero-order valence-corrected chi connectivity index (χ0v) is 11.5. The molecule has 19 heavy (non-hydrogen) atoms. The van der Waals surface area contributed by atoms with Crippen molar-refractivity contribution in [2.24, 2.45) is 0 Å². The number of nitrogens with one attached hydrogen (secondary N) is 2. The molecule has 0 saturated carbocycles. The maximum atomic E-state index is 11.9. The molecule has 0 radical (unpaired) electrons. The van der Waals surface area contributed by atoms with Gasteiger partial charge in [0.05, 0.1) is 6.54 Å². The number of carbonyl (C=O) groups excluding carboxylic acids is 1. The average molecular weight is 264 g/mol. The molecule has 5 nitrogen and oxygen atoms in total. The fourth-order valence-corrected chi connectivity index (χ4v) is 2.49. The molecular formula is C14H24N4O. The molecule has 0 unspecified atom stereocenters. The molecule has 1 aliphatic rings. The van der Waals surface area contributed by atoms with Crippen LogP contribution >= 0.6 is 0 Å². The summed E-state index contributed by atoms with van der Waals surface area (Å²) in [6.45, 7) is 3.32. The van der Waals surface area contributed by atoms with Gasteiger partial charge in [-0.25, -0.2) is 4.98 Å². The number of amides is 1. The maximum absolute atomic E-state index is 11.9. The number of imidazole rings is 1. The molecule has 2 rings (SSSR count). The summed E-state index contributed by atoms with van der Waals surface area (Å²) in [6, 6.07) is 0. The average Bonchev–Trinajstić information content (AvgIpc) is 2.85. The van der Waals surface area contributed by atoms with E-state index >= 15 is 0 Å². The summed E-state index contributed by atoms with van der Waals surface area (Å²) < 4.78 is 0. The number of likely N-dealkylation sites (tertiary alicyclic amines) is 1. The third-order valence-corrected chi connectivity index (χ3v) is 3.55. The first-order valence-corrected chi connectivity index (χ1v) is 7.32. The minimum Gasteiger partial charge on any atom is -0.355 e. The molecule has 1 aliphatic heterocycles. The van der Waals surface area contributed by atoms with Gasteiger partial charge in [0, 0.05) is 25.4 Å².